The Hall–Kier alpha value is -1.14. The number of primary amides is 1. The number of nitrogens with one attached hydrogen (secondary N) is 1. The first kappa shape index (κ1) is 13.9. The van der Waals surface area contributed by atoms with Gasteiger partial charge in [0.2, 0.25) is 5.91 Å². The highest BCUT2D eigenvalue weighted by Gasteiger charge is 2.21. The van der Waals surface area contributed by atoms with E-state index < -0.39 is 0 Å². The molecule has 1 fully saturated rings. The van der Waals surface area contributed by atoms with Gasteiger partial charge in [0.1, 0.15) is 0 Å². The third-order valence-corrected chi connectivity index (χ3v) is 3.10. The van der Waals surface area contributed by atoms with Crippen LogP contribution in [0, 0.1) is 5.92 Å². The van der Waals surface area contributed by atoms with Crippen LogP contribution < -0.4 is 16.9 Å². The minimum absolute atomic E-state index is 0.181. The van der Waals surface area contributed by atoms with Gasteiger partial charge in [-0.15, -0.1) is 0 Å². The fraction of sp³-hybridized carbons (Fsp3) is 0.818. The first-order valence-corrected chi connectivity index (χ1v) is 6.10. The van der Waals surface area contributed by atoms with Crippen LogP contribution in [0.5, 0.6) is 0 Å². The molecule has 0 heterocycles. The van der Waals surface area contributed by atoms with Gasteiger partial charge in [-0.05, 0) is 31.6 Å². The van der Waals surface area contributed by atoms with Crippen molar-refractivity contribution in [3.05, 3.63) is 0 Å². The number of nitrogens with zero attached hydrogens (tertiary/aromatic N) is 2. The molecule has 0 saturated heterocycles. The van der Waals surface area contributed by atoms with Gasteiger partial charge < -0.3 is 11.1 Å². The molecule has 6 heteroatoms. The topological polar surface area (TPSA) is 96.7 Å². The molecule has 1 amide bonds. The van der Waals surface area contributed by atoms with Gasteiger partial charge in [-0.3, -0.25) is 4.79 Å². The number of carbonyl (C=O) groups excluding carboxylic acids is 1. The number of hydrogen-bond donors (Lipinski definition) is 3. The molecule has 0 radical (unpaired) electrons. The molecule has 0 aromatic heterocycles. The van der Waals surface area contributed by atoms with Crippen LogP contribution in [0.4, 0.5) is 0 Å². The molecule has 1 rings (SSSR count). The average molecular weight is 241 g/mol. The van der Waals surface area contributed by atoms with E-state index in [-0.39, 0.29) is 5.91 Å². The molecular formula is C11H23N5O. The summed E-state index contributed by atoms with van der Waals surface area (Å²) >= 11 is 0. The lowest BCUT2D eigenvalue weighted by atomic mass is 9.84. The number of nitrogens with two attached hydrogens (primary N) is 2. The maximum atomic E-state index is 10.8. The summed E-state index contributed by atoms with van der Waals surface area (Å²) in [5.41, 5.74) is 5.20. The summed E-state index contributed by atoms with van der Waals surface area (Å²) < 4.78 is 0. The second kappa shape index (κ2) is 7.24. The van der Waals surface area contributed by atoms with Gasteiger partial charge in [0.05, 0.1) is 0 Å². The van der Waals surface area contributed by atoms with E-state index in [0.29, 0.717) is 18.4 Å². The Labute approximate surface area is 102 Å². The van der Waals surface area contributed by atoms with Crippen LogP contribution in [0.15, 0.2) is 5.10 Å². The molecule has 1 aliphatic rings. The van der Waals surface area contributed by atoms with E-state index >= 15 is 0 Å². The Balaban J connectivity index is 2.12. The molecule has 1 saturated carbocycles. The number of rotatable bonds is 6. The largest absolute Gasteiger partial charge is 0.370 e. The summed E-state index contributed by atoms with van der Waals surface area (Å²) in [5.74, 6) is 5.64. The van der Waals surface area contributed by atoms with Gasteiger partial charge in [-0.2, -0.15) is 5.10 Å². The van der Waals surface area contributed by atoms with E-state index in [2.05, 4.69) is 10.4 Å². The van der Waals surface area contributed by atoms with Crippen LogP contribution in [0.3, 0.4) is 0 Å². The summed E-state index contributed by atoms with van der Waals surface area (Å²) in [7, 11) is 1.69. The zero-order valence-electron chi connectivity index (χ0n) is 10.4. The van der Waals surface area contributed by atoms with Crippen molar-refractivity contribution >= 4 is 12.1 Å². The van der Waals surface area contributed by atoms with Crippen molar-refractivity contribution < 1.29 is 4.79 Å². The average Bonchev–Trinajstić information content (AvgIpc) is 2.25. The van der Waals surface area contributed by atoms with Gasteiger partial charge in [0, 0.05) is 32.3 Å². The zero-order chi connectivity index (χ0) is 12.7. The van der Waals surface area contributed by atoms with E-state index in [1.165, 1.54) is 5.12 Å². The Kier molecular flexibility index (Phi) is 5.93. The lowest BCUT2D eigenvalue weighted by Crippen LogP contribution is -2.35. The highest BCUT2D eigenvalue weighted by molar-refractivity contribution is 5.73. The molecule has 0 aliphatic heterocycles. The Morgan fingerprint density at radius 2 is 2.12 bits per heavy atom. The van der Waals surface area contributed by atoms with Gasteiger partial charge >= 0.3 is 0 Å². The number of hydrogen-bond acceptors (Lipinski definition) is 5. The smallest absolute Gasteiger partial charge is 0.217 e. The van der Waals surface area contributed by atoms with Crippen molar-refractivity contribution in [3.63, 3.8) is 0 Å². The Morgan fingerprint density at radius 1 is 1.47 bits per heavy atom. The molecule has 0 bridgehead atoms. The summed E-state index contributed by atoms with van der Waals surface area (Å²) in [6.45, 7) is 0.729. The Morgan fingerprint density at radius 3 is 2.65 bits per heavy atom. The molecular weight excluding hydrogens is 218 g/mol. The molecule has 98 valence electrons. The van der Waals surface area contributed by atoms with E-state index in [4.69, 9.17) is 11.6 Å². The molecule has 0 atom stereocenters. The fourth-order valence-electron chi connectivity index (χ4n) is 2.24. The molecule has 0 spiro atoms. The molecule has 0 unspecified atom stereocenters. The third-order valence-electron chi connectivity index (χ3n) is 3.10. The highest BCUT2D eigenvalue weighted by atomic mass is 16.1. The fourth-order valence-corrected chi connectivity index (χ4v) is 2.24. The first-order chi connectivity index (χ1) is 8.08. The quantitative estimate of drug-likeness (QED) is 0.341. The molecule has 17 heavy (non-hydrogen) atoms. The van der Waals surface area contributed by atoms with Crippen molar-refractivity contribution in [2.45, 2.75) is 38.1 Å². The van der Waals surface area contributed by atoms with Crippen LogP contribution in [0.1, 0.15) is 32.1 Å². The molecule has 5 N–H and O–H groups in total. The second-order valence-electron chi connectivity index (χ2n) is 4.67. The van der Waals surface area contributed by atoms with Crippen molar-refractivity contribution in [1.82, 2.24) is 10.4 Å². The number of amides is 1. The van der Waals surface area contributed by atoms with Gasteiger partial charge in [-0.1, -0.05) is 0 Å². The standard InChI is InChI=1S/C11H23N5O/c1-16(13)15-7-6-14-10-4-2-9(3-5-10)8-11(12)17/h7,9-10,14H,2-6,8,13H2,1H3,(H2,12,17)/b15-7+. The summed E-state index contributed by atoms with van der Waals surface area (Å²) in [6, 6.07) is 0.522. The highest BCUT2D eigenvalue weighted by Crippen LogP contribution is 2.26. The van der Waals surface area contributed by atoms with Crippen LogP contribution in [0.25, 0.3) is 0 Å². The van der Waals surface area contributed by atoms with Gasteiger partial charge in [0.15, 0.2) is 0 Å². The molecule has 0 aromatic rings. The maximum Gasteiger partial charge on any atom is 0.217 e. The third kappa shape index (κ3) is 6.23. The number of hydrazone groups is 1. The van der Waals surface area contributed by atoms with E-state index in [0.717, 1.165) is 32.2 Å². The predicted octanol–water partition coefficient (Wildman–Crippen LogP) is -0.199. The molecule has 1 aliphatic carbocycles. The Bertz CT molecular complexity index is 259. The monoisotopic (exact) mass is 241 g/mol. The molecule has 0 aromatic carbocycles. The van der Waals surface area contributed by atoms with Crippen molar-refractivity contribution in [2.75, 3.05) is 13.6 Å². The van der Waals surface area contributed by atoms with Crippen molar-refractivity contribution in [2.24, 2.45) is 22.6 Å². The van der Waals surface area contributed by atoms with Gasteiger partial charge in [-0.25, -0.2) is 11.0 Å². The van der Waals surface area contributed by atoms with Gasteiger partial charge in [0.25, 0.3) is 0 Å². The van der Waals surface area contributed by atoms with E-state index in [1.54, 1.807) is 13.3 Å². The summed E-state index contributed by atoms with van der Waals surface area (Å²) in [6.07, 6.45) is 6.65. The minimum Gasteiger partial charge on any atom is -0.370 e. The normalized spacial score (nSPS) is 25.1. The lowest BCUT2D eigenvalue weighted by Gasteiger charge is -2.28. The van der Waals surface area contributed by atoms with E-state index in [1.807, 2.05) is 0 Å². The summed E-state index contributed by atoms with van der Waals surface area (Å²) in [4.78, 5) is 10.8. The van der Waals surface area contributed by atoms with Crippen LogP contribution in [-0.4, -0.2) is 36.9 Å². The zero-order valence-corrected chi connectivity index (χ0v) is 10.4. The maximum absolute atomic E-state index is 10.8. The molecule has 6 nitrogen and oxygen atoms in total. The summed E-state index contributed by atoms with van der Waals surface area (Å²) in [5, 5.41) is 8.61. The van der Waals surface area contributed by atoms with E-state index in [9.17, 15) is 4.79 Å². The minimum atomic E-state index is -0.181. The van der Waals surface area contributed by atoms with Crippen LogP contribution in [-0.2, 0) is 4.79 Å². The van der Waals surface area contributed by atoms with Crippen molar-refractivity contribution in [1.29, 1.82) is 0 Å². The SMILES string of the molecule is CN(N)/N=C/CNC1CCC(CC(N)=O)CC1. The number of carbonyl (C=O) groups is 1. The first-order valence-electron chi connectivity index (χ1n) is 6.10. The number of hydrazine groups is 1. The lowest BCUT2D eigenvalue weighted by molar-refractivity contribution is -0.119. The van der Waals surface area contributed by atoms with Crippen molar-refractivity contribution in [3.8, 4) is 0 Å². The predicted molar refractivity (Wildman–Crippen MR) is 68.0 cm³/mol. The van der Waals surface area contributed by atoms with Crippen LogP contribution in [0.2, 0.25) is 0 Å². The van der Waals surface area contributed by atoms with Crippen LogP contribution >= 0.6 is 0 Å². The second-order valence-corrected chi connectivity index (χ2v) is 4.67.